The molecule has 1 aromatic heterocycles. The molecule has 0 unspecified atom stereocenters. The monoisotopic (exact) mass is 378 g/mol. The van der Waals surface area contributed by atoms with E-state index in [1.807, 2.05) is 60.0 Å². The Hall–Kier alpha value is -3.41. The lowest BCUT2D eigenvalue weighted by atomic mass is 9.98. The van der Waals surface area contributed by atoms with Gasteiger partial charge in [-0.2, -0.15) is 0 Å². The number of hydrogen-bond donors (Lipinski definition) is 1. The van der Waals surface area contributed by atoms with Crippen LogP contribution < -0.4 is 5.73 Å². The largest absolute Gasteiger partial charge is 0.469 e. The molecular weight excluding hydrogens is 356 g/mol. The second-order valence-electron chi connectivity index (χ2n) is 6.61. The number of esters is 1. The summed E-state index contributed by atoms with van der Waals surface area (Å²) in [5, 5.41) is 0.670. The van der Waals surface area contributed by atoms with Crippen LogP contribution in [0.5, 0.6) is 0 Å². The molecule has 0 aliphatic rings. The summed E-state index contributed by atoms with van der Waals surface area (Å²) < 4.78 is 6.73. The lowest BCUT2D eigenvalue weighted by Gasteiger charge is -2.09. The molecule has 0 saturated heterocycles. The molecule has 2 aromatic carbocycles. The van der Waals surface area contributed by atoms with E-state index in [9.17, 15) is 14.4 Å². The third-order valence-electron chi connectivity index (χ3n) is 4.90. The number of carbonyl (C=O) groups is 3. The van der Waals surface area contributed by atoms with E-state index in [4.69, 9.17) is 10.5 Å². The number of methoxy groups -OCH3 is 1. The minimum atomic E-state index is -0.996. The van der Waals surface area contributed by atoms with Crippen molar-refractivity contribution >= 4 is 28.6 Å². The average molecular weight is 378 g/mol. The number of ether oxygens (including phenoxy) is 1. The Bertz CT molecular complexity index is 1050. The van der Waals surface area contributed by atoms with Crippen LogP contribution in [0.15, 0.2) is 48.5 Å². The van der Waals surface area contributed by atoms with Gasteiger partial charge in [0, 0.05) is 29.6 Å². The van der Waals surface area contributed by atoms with Gasteiger partial charge < -0.3 is 15.0 Å². The molecule has 28 heavy (non-hydrogen) atoms. The van der Waals surface area contributed by atoms with Crippen LogP contribution >= 0.6 is 0 Å². The maximum atomic E-state index is 12.6. The smallest absolute Gasteiger partial charge is 0.305 e. The number of aromatic nitrogens is 1. The summed E-state index contributed by atoms with van der Waals surface area (Å²) in [5.74, 6) is -2.05. The number of primary amides is 1. The van der Waals surface area contributed by atoms with E-state index in [-0.39, 0.29) is 12.4 Å². The molecule has 0 aliphatic carbocycles. The summed E-state index contributed by atoms with van der Waals surface area (Å²) in [6.45, 7) is 2.36. The van der Waals surface area contributed by atoms with E-state index >= 15 is 0 Å². The second-order valence-corrected chi connectivity index (χ2v) is 6.61. The van der Waals surface area contributed by atoms with Crippen LogP contribution in [0.4, 0.5) is 0 Å². The zero-order valence-corrected chi connectivity index (χ0v) is 15.9. The van der Waals surface area contributed by atoms with Gasteiger partial charge in [-0.25, -0.2) is 0 Å². The van der Waals surface area contributed by atoms with Crippen molar-refractivity contribution in [3.63, 3.8) is 0 Å². The Kier molecular flexibility index (Phi) is 5.59. The molecule has 3 rings (SSSR count). The summed E-state index contributed by atoms with van der Waals surface area (Å²) in [7, 11) is 1.34. The first-order valence-electron chi connectivity index (χ1n) is 8.99. The van der Waals surface area contributed by atoms with Gasteiger partial charge in [0.2, 0.25) is 0 Å². The first-order chi connectivity index (χ1) is 13.4. The van der Waals surface area contributed by atoms with Crippen molar-refractivity contribution in [2.75, 3.05) is 7.11 Å². The van der Waals surface area contributed by atoms with E-state index in [0.29, 0.717) is 29.6 Å². The molecule has 1 amide bonds. The van der Waals surface area contributed by atoms with E-state index in [2.05, 4.69) is 0 Å². The van der Waals surface area contributed by atoms with Gasteiger partial charge in [-0.1, -0.05) is 42.5 Å². The van der Waals surface area contributed by atoms with Gasteiger partial charge in [-0.3, -0.25) is 14.4 Å². The van der Waals surface area contributed by atoms with Crippen molar-refractivity contribution in [1.29, 1.82) is 0 Å². The quantitative estimate of drug-likeness (QED) is 0.389. The highest BCUT2D eigenvalue weighted by molar-refractivity contribution is 6.45. The highest BCUT2D eigenvalue weighted by Gasteiger charge is 2.25. The van der Waals surface area contributed by atoms with Gasteiger partial charge in [0.15, 0.2) is 0 Å². The van der Waals surface area contributed by atoms with Gasteiger partial charge >= 0.3 is 5.97 Å². The number of hydrogen-bond acceptors (Lipinski definition) is 4. The minimum absolute atomic E-state index is 0.183. The molecule has 1 heterocycles. The van der Waals surface area contributed by atoms with Crippen LogP contribution in [0.25, 0.3) is 10.9 Å². The fourth-order valence-electron chi connectivity index (χ4n) is 3.51. The number of Topliss-reactive ketones (excluding diaryl/α,β-unsaturated/α-hetero) is 1. The number of nitrogens with two attached hydrogens (primary N) is 1. The first-order valence-corrected chi connectivity index (χ1v) is 8.99. The molecule has 0 saturated carbocycles. The summed E-state index contributed by atoms with van der Waals surface area (Å²) in [5.41, 5.74) is 9.00. The molecule has 144 valence electrons. The molecule has 0 atom stereocenters. The van der Waals surface area contributed by atoms with E-state index in [1.165, 1.54) is 7.11 Å². The van der Waals surface area contributed by atoms with Gasteiger partial charge in [0.25, 0.3) is 11.7 Å². The van der Waals surface area contributed by atoms with E-state index in [0.717, 1.165) is 16.6 Å². The maximum Gasteiger partial charge on any atom is 0.305 e. The van der Waals surface area contributed by atoms with Crippen LogP contribution in [-0.2, 0) is 27.3 Å². The normalized spacial score (nSPS) is 10.8. The lowest BCUT2D eigenvalue weighted by molar-refractivity contribution is -0.140. The molecular formula is C22H22N2O4. The summed E-state index contributed by atoms with van der Waals surface area (Å²) in [4.78, 5) is 35.9. The van der Waals surface area contributed by atoms with Crippen LogP contribution in [0.1, 0.15) is 33.6 Å². The molecule has 6 heteroatoms. The van der Waals surface area contributed by atoms with Crippen molar-refractivity contribution < 1.29 is 19.1 Å². The summed E-state index contributed by atoms with van der Waals surface area (Å²) >= 11 is 0. The van der Waals surface area contributed by atoms with Gasteiger partial charge in [-0.05, 0) is 30.5 Å². The Balaban J connectivity index is 2.19. The predicted molar refractivity (Wildman–Crippen MR) is 106 cm³/mol. The molecule has 0 radical (unpaired) electrons. The van der Waals surface area contributed by atoms with Crippen molar-refractivity contribution in [2.24, 2.45) is 5.73 Å². The third-order valence-corrected chi connectivity index (χ3v) is 4.90. The Morgan fingerprint density at radius 2 is 1.75 bits per heavy atom. The zero-order chi connectivity index (χ0) is 20.3. The number of aryl methyl sites for hydroxylation is 1. The standard InChI is InChI=1S/C22H22N2O4/c1-14-19(21(26)22(23)27)20-16(11-12-18(25)28-2)9-6-10-17(20)24(14)13-15-7-4-3-5-8-15/h3-10H,11-13H2,1-2H3,(H2,23,27). The maximum absolute atomic E-state index is 12.6. The van der Waals surface area contributed by atoms with Crippen molar-refractivity contribution in [3.8, 4) is 0 Å². The second kappa shape index (κ2) is 8.08. The van der Waals surface area contributed by atoms with Crippen LogP contribution in [0, 0.1) is 6.92 Å². The molecule has 2 N–H and O–H groups in total. The third kappa shape index (κ3) is 3.67. The first kappa shape index (κ1) is 19.4. The number of nitrogens with zero attached hydrogens (tertiary/aromatic N) is 1. The Morgan fingerprint density at radius 1 is 1.04 bits per heavy atom. The topological polar surface area (TPSA) is 91.4 Å². The molecule has 0 bridgehead atoms. The van der Waals surface area contributed by atoms with Crippen molar-refractivity contribution in [3.05, 3.63) is 70.9 Å². The lowest BCUT2D eigenvalue weighted by Crippen LogP contribution is -2.24. The number of carbonyl (C=O) groups excluding carboxylic acids is 3. The predicted octanol–water partition coefficient (Wildman–Crippen LogP) is 2.77. The van der Waals surface area contributed by atoms with Crippen LogP contribution in [-0.4, -0.2) is 29.3 Å². The molecule has 0 aliphatic heterocycles. The fourth-order valence-corrected chi connectivity index (χ4v) is 3.51. The van der Waals surface area contributed by atoms with Gasteiger partial charge in [0.1, 0.15) is 0 Å². The molecule has 0 fully saturated rings. The Morgan fingerprint density at radius 3 is 2.39 bits per heavy atom. The van der Waals surface area contributed by atoms with Crippen LogP contribution in [0.3, 0.4) is 0 Å². The van der Waals surface area contributed by atoms with E-state index in [1.54, 1.807) is 0 Å². The molecule has 0 spiro atoms. The van der Waals surface area contributed by atoms with Gasteiger partial charge in [-0.15, -0.1) is 0 Å². The summed E-state index contributed by atoms with van der Waals surface area (Å²) in [6, 6.07) is 15.5. The molecule has 3 aromatic rings. The van der Waals surface area contributed by atoms with Crippen molar-refractivity contribution in [1.82, 2.24) is 4.57 Å². The fraction of sp³-hybridized carbons (Fsp3) is 0.227. The highest BCUT2D eigenvalue weighted by Crippen LogP contribution is 2.31. The number of rotatable bonds is 7. The number of fused-ring (bicyclic) bond motifs is 1. The molecule has 6 nitrogen and oxygen atoms in total. The number of amides is 1. The number of ketones is 1. The van der Waals surface area contributed by atoms with Gasteiger partial charge in [0.05, 0.1) is 12.7 Å². The SMILES string of the molecule is COC(=O)CCc1cccc2c1c(C(=O)C(N)=O)c(C)n2Cc1ccccc1. The average Bonchev–Trinajstić information content (AvgIpc) is 2.98. The minimum Gasteiger partial charge on any atom is -0.469 e. The number of benzene rings is 2. The Labute approximate surface area is 162 Å². The summed E-state index contributed by atoms with van der Waals surface area (Å²) in [6.07, 6.45) is 0.584. The zero-order valence-electron chi connectivity index (χ0n) is 15.9. The van der Waals surface area contributed by atoms with E-state index < -0.39 is 11.7 Å². The van der Waals surface area contributed by atoms with Crippen LogP contribution in [0.2, 0.25) is 0 Å². The van der Waals surface area contributed by atoms with Crippen molar-refractivity contribution in [2.45, 2.75) is 26.3 Å². The highest BCUT2D eigenvalue weighted by atomic mass is 16.5.